The monoisotopic (exact) mass is 401 g/mol. The molecular formula is C19H23N5O3S. The van der Waals surface area contributed by atoms with E-state index in [9.17, 15) is 14.4 Å². The van der Waals surface area contributed by atoms with Crippen molar-refractivity contribution in [2.24, 2.45) is 0 Å². The molecule has 0 atom stereocenters. The van der Waals surface area contributed by atoms with E-state index in [0.717, 1.165) is 0 Å². The van der Waals surface area contributed by atoms with E-state index in [0.29, 0.717) is 35.2 Å². The van der Waals surface area contributed by atoms with Gasteiger partial charge in [-0.1, -0.05) is 12.1 Å². The SMILES string of the molecule is CC(C)(C)NC(=O)c1ccccc1NC(=O)Cc1csc(N2CCNC2=O)n1. The molecule has 1 aliphatic rings. The molecule has 9 heteroatoms. The molecule has 0 bridgehead atoms. The molecule has 2 heterocycles. The average molecular weight is 401 g/mol. The zero-order valence-electron chi connectivity index (χ0n) is 16.0. The summed E-state index contributed by atoms with van der Waals surface area (Å²) in [6.45, 7) is 6.83. The molecule has 3 N–H and O–H groups in total. The second-order valence-electron chi connectivity index (χ2n) is 7.48. The van der Waals surface area contributed by atoms with Crippen LogP contribution in [0.15, 0.2) is 29.6 Å². The normalized spacial score (nSPS) is 14.0. The third-order valence-corrected chi connectivity index (χ3v) is 4.82. The molecule has 3 rings (SSSR count). The first-order valence-electron chi connectivity index (χ1n) is 8.94. The van der Waals surface area contributed by atoms with Gasteiger partial charge in [0.05, 0.1) is 23.4 Å². The van der Waals surface area contributed by atoms with Gasteiger partial charge in [0.2, 0.25) is 5.91 Å². The van der Waals surface area contributed by atoms with Gasteiger partial charge in [-0.05, 0) is 32.9 Å². The van der Waals surface area contributed by atoms with Gasteiger partial charge in [-0.2, -0.15) is 0 Å². The Bertz CT molecular complexity index is 903. The molecular weight excluding hydrogens is 378 g/mol. The minimum absolute atomic E-state index is 0.0567. The number of para-hydroxylation sites is 1. The second kappa shape index (κ2) is 7.97. The molecule has 2 aromatic rings. The molecule has 0 aliphatic carbocycles. The molecule has 1 saturated heterocycles. The number of aromatic nitrogens is 1. The Balaban J connectivity index is 1.66. The summed E-state index contributed by atoms with van der Waals surface area (Å²) in [7, 11) is 0. The number of nitrogens with one attached hydrogen (secondary N) is 3. The highest BCUT2D eigenvalue weighted by atomic mass is 32.1. The summed E-state index contributed by atoms with van der Waals surface area (Å²) in [5.74, 6) is -0.530. The van der Waals surface area contributed by atoms with Crippen molar-refractivity contribution in [3.8, 4) is 0 Å². The summed E-state index contributed by atoms with van der Waals surface area (Å²) in [4.78, 5) is 42.6. The second-order valence-corrected chi connectivity index (χ2v) is 8.32. The van der Waals surface area contributed by atoms with Gasteiger partial charge in [0.25, 0.3) is 5.91 Å². The molecule has 8 nitrogen and oxygen atoms in total. The number of urea groups is 1. The Morgan fingerprint density at radius 1 is 1.29 bits per heavy atom. The number of hydrogen-bond acceptors (Lipinski definition) is 5. The Morgan fingerprint density at radius 3 is 2.71 bits per heavy atom. The van der Waals surface area contributed by atoms with Crippen LogP contribution < -0.4 is 20.9 Å². The van der Waals surface area contributed by atoms with Gasteiger partial charge in [0, 0.05) is 24.0 Å². The largest absolute Gasteiger partial charge is 0.347 e. The van der Waals surface area contributed by atoms with E-state index in [1.54, 1.807) is 34.5 Å². The molecule has 28 heavy (non-hydrogen) atoms. The number of thiazole rings is 1. The van der Waals surface area contributed by atoms with Crippen LogP contribution in [0.25, 0.3) is 0 Å². The maximum absolute atomic E-state index is 12.5. The van der Waals surface area contributed by atoms with E-state index in [2.05, 4.69) is 20.9 Å². The highest BCUT2D eigenvalue weighted by molar-refractivity contribution is 7.14. The van der Waals surface area contributed by atoms with Crippen LogP contribution >= 0.6 is 11.3 Å². The van der Waals surface area contributed by atoms with Crippen molar-refractivity contribution >= 4 is 40.0 Å². The van der Waals surface area contributed by atoms with Crippen molar-refractivity contribution in [1.29, 1.82) is 0 Å². The first-order chi connectivity index (χ1) is 13.2. The van der Waals surface area contributed by atoms with E-state index >= 15 is 0 Å². The maximum atomic E-state index is 12.5. The molecule has 4 amide bonds. The molecule has 1 aromatic heterocycles. The van der Waals surface area contributed by atoms with Crippen LogP contribution in [0.1, 0.15) is 36.8 Å². The van der Waals surface area contributed by atoms with Crippen molar-refractivity contribution in [2.45, 2.75) is 32.7 Å². The summed E-state index contributed by atoms with van der Waals surface area (Å²) >= 11 is 1.32. The van der Waals surface area contributed by atoms with Crippen LogP contribution in [0.4, 0.5) is 15.6 Å². The van der Waals surface area contributed by atoms with Crippen LogP contribution in [-0.4, -0.2) is 41.5 Å². The summed E-state index contributed by atoms with van der Waals surface area (Å²) in [6.07, 6.45) is 0.0567. The Hall–Kier alpha value is -2.94. The van der Waals surface area contributed by atoms with E-state index < -0.39 is 0 Å². The zero-order valence-corrected chi connectivity index (χ0v) is 16.9. The number of nitrogens with zero attached hydrogens (tertiary/aromatic N) is 2. The summed E-state index contributed by atoms with van der Waals surface area (Å²) in [5.41, 5.74) is 1.04. The van der Waals surface area contributed by atoms with Crippen molar-refractivity contribution in [1.82, 2.24) is 15.6 Å². The van der Waals surface area contributed by atoms with Crippen LogP contribution in [-0.2, 0) is 11.2 Å². The Morgan fingerprint density at radius 2 is 2.04 bits per heavy atom. The maximum Gasteiger partial charge on any atom is 0.323 e. The molecule has 0 spiro atoms. The number of amides is 4. The van der Waals surface area contributed by atoms with Gasteiger partial charge in [-0.15, -0.1) is 11.3 Å². The Kier molecular flexibility index (Phi) is 5.64. The first kappa shape index (κ1) is 19.8. The van der Waals surface area contributed by atoms with E-state index in [1.165, 1.54) is 11.3 Å². The minimum Gasteiger partial charge on any atom is -0.347 e. The fraction of sp³-hybridized carbons (Fsp3) is 0.368. The Labute approximate surface area is 167 Å². The third kappa shape index (κ3) is 4.86. The van der Waals surface area contributed by atoms with Crippen LogP contribution in [0.2, 0.25) is 0 Å². The predicted molar refractivity (Wildman–Crippen MR) is 109 cm³/mol. The highest BCUT2D eigenvalue weighted by Crippen LogP contribution is 2.23. The van der Waals surface area contributed by atoms with Gasteiger partial charge >= 0.3 is 6.03 Å². The standard InChI is InChI=1S/C19H23N5O3S/c1-19(2,3)23-16(26)13-6-4-5-7-14(13)22-15(25)10-12-11-28-18(21-12)24-9-8-20-17(24)27/h4-7,11H,8-10H2,1-3H3,(H,20,27)(H,22,25)(H,23,26). The molecule has 148 valence electrons. The molecule has 0 radical (unpaired) electrons. The van der Waals surface area contributed by atoms with Crippen LogP contribution in [0, 0.1) is 0 Å². The average Bonchev–Trinajstić information content (AvgIpc) is 3.22. The van der Waals surface area contributed by atoms with E-state index in [-0.39, 0.29) is 29.8 Å². The fourth-order valence-electron chi connectivity index (χ4n) is 2.71. The van der Waals surface area contributed by atoms with E-state index in [4.69, 9.17) is 0 Å². The van der Waals surface area contributed by atoms with Crippen molar-refractivity contribution in [3.63, 3.8) is 0 Å². The van der Waals surface area contributed by atoms with Gasteiger partial charge in [-0.25, -0.2) is 9.78 Å². The topological polar surface area (TPSA) is 103 Å². The lowest BCUT2D eigenvalue weighted by Crippen LogP contribution is -2.40. The fourth-order valence-corrected chi connectivity index (χ4v) is 3.56. The minimum atomic E-state index is -0.382. The lowest BCUT2D eigenvalue weighted by molar-refractivity contribution is -0.115. The van der Waals surface area contributed by atoms with Crippen molar-refractivity contribution in [3.05, 3.63) is 40.9 Å². The lowest BCUT2D eigenvalue weighted by atomic mass is 10.1. The smallest absolute Gasteiger partial charge is 0.323 e. The highest BCUT2D eigenvalue weighted by Gasteiger charge is 2.24. The number of hydrogen-bond donors (Lipinski definition) is 3. The molecule has 1 aliphatic heterocycles. The van der Waals surface area contributed by atoms with Gasteiger partial charge in [0.1, 0.15) is 0 Å². The van der Waals surface area contributed by atoms with Gasteiger partial charge in [-0.3, -0.25) is 14.5 Å². The number of benzene rings is 1. The summed E-state index contributed by atoms with van der Waals surface area (Å²) < 4.78 is 0. The third-order valence-electron chi connectivity index (χ3n) is 3.90. The lowest BCUT2D eigenvalue weighted by Gasteiger charge is -2.21. The number of carbonyl (C=O) groups excluding carboxylic acids is 3. The van der Waals surface area contributed by atoms with E-state index in [1.807, 2.05) is 20.8 Å². The summed E-state index contributed by atoms with van der Waals surface area (Å²) in [6, 6.07) is 6.70. The van der Waals surface area contributed by atoms with Crippen LogP contribution in [0.5, 0.6) is 0 Å². The first-order valence-corrected chi connectivity index (χ1v) is 9.82. The molecule has 1 fully saturated rings. The number of rotatable bonds is 5. The molecule has 1 aromatic carbocycles. The molecule has 0 unspecified atom stereocenters. The quantitative estimate of drug-likeness (QED) is 0.716. The van der Waals surface area contributed by atoms with Crippen molar-refractivity contribution < 1.29 is 14.4 Å². The summed E-state index contributed by atoms with van der Waals surface area (Å²) in [5, 5.41) is 10.7. The van der Waals surface area contributed by atoms with Crippen molar-refractivity contribution in [2.75, 3.05) is 23.3 Å². The van der Waals surface area contributed by atoms with Gasteiger partial charge in [0.15, 0.2) is 5.13 Å². The zero-order chi connectivity index (χ0) is 20.3. The number of anilines is 2. The predicted octanol–water partition coefficient (Wildman–Crippen LogP) is 2.38. The molecule has 0 saturated carbocycles. The number of carbonyl (C=O) groups is 3. The van der Waals surface area contributed by atoms with Crippen LogP contribution in [0.3, 0.4) is 0 Å². The van der Waals surface area contributed by atoms with Gasteiger partial charge < -0.3 is 16.0 Å².